The molecule has 5 N–H and O–H groups in total. The molecule has 0 saturated heterocycles. The first-order chi connectivity index (χ1) is 6.74. The predicted molar refractivity (Wildman–Crippen MR) is 60.7 cm³/mol. The highest BCUT2D eigenvalue weighted by Gasteiger charge is 1.98. The van der Waals surface area contributed by atoms with Crippen LogP contribution in [0.4, 0.5) is 21.5 Å². The fourth-order valence-corrected chi connectivity index (χ4v) is 1.64. The lowest BCUT2D eigenvalue weighted by molar-refractivity contribution is 1.39. The van der Waals surface area contributed by atoms with E-state index in [1.54, 1.807) is 6.20 Å². The molecule has 1 aromatic heterocycles. The van der Waals surface area contributed by atoms with Gasteiger partial charge in [-0.15, -0.1) is 0 Å². The minimum atomic E-state index is 0.697. The molecule has 0 saturated carbocycles. The second-order valence-electron chi connectivity index (χ2n) is 2.81. The monoisotopic (exact) mass is 206 g/mol. The van der Waals surface area contributed by atoms with Crippen molar-refractivity contribution in [1.29, 1.82) is 0 Å². The van der Waals surface area contributed by atoms with Gasteiger partial charge in [0.1, 0.15) is 5.00 Å². The second-order valence-corrected chi connectivity index (χ2v) is 3.88. The van der Waals surface area contributed by atoms with E-state index in [-0.39, 0.29) is 0 Å². The first-order valence-electron chi connectivity index (χ1n) is 4.08. The molecule has 0 unspecified atom stereocenters. The summed E-state index contributed by atoms with van der Waals surface area (Å²) in [5, 5.41) is 4.61. The largest absolute Gasteiger partial charge is 0.399 e. The van der Waals surface area contributed by atoms with Crippen molar-refractivity contribution in [2.75, 3.05) is 16.8 Å². The van der Waals surface area contributed by atoms with E-state index in [0.717, 1.165) is 16.5 Å². The third kappa shape index (κ3) is 1.94. The lowest BCUT2D eigenvalue weighted by Gasteiger charge is -2.01. The van der Waals surface area contributed by atoms with E-state index in [1.807, 2.05) is 24.3 Å². The van der Waals surface area contributed by atoms with Crippen LogP contribution in [0.5, 0.6) is 0 Å². The molecule has 2 rings (SSSR count). The Morgan fingerprint density at radius 1 is 1.14 bits per heavy atom. The van der Waals surface area contributed by atoms with Crippen LogP contribution in [0.25, 0.3) is 0 Å². The van der Waals surface area contributed by atoms with E-state index in [1.165, 1.54) is 11.3 Å². The number of nitrogens with two attached hydrogens (primary N) is 2. The highest BCUT2D eigenvalue weighted by Crippen LogP contribution is 2.23. The predicted octanol–water partition coefficient (Wildman–Crippen LogP) is 2.05. The quantitative estimate of drug-likeness (QED) is 0.657. The number of anilines is 4. The summed E-state index contributed by atoms with van der Waals surface area (Å²) in [6, 6.07) is 7.46. The van der Waals surface area contributed by atoms with Crippen LogP contribution in [0.15, 0.2) is 30.5 Å². The highest BCUT2D eigenvalue weighted by atomic mass is 32.1. The van der Waals surface area contributed by atoms with Crippen molar-refractivity contribution in [2.45, 2.75) is 0 Å². The van der Waals surface area contributed by atoms with Crippen molar-refractivity contribution < 1.29 is 0 Å². The lowest BCUT2D eigenvalue weighted by Crippen LogP contribution is -1.89. The standard InChI is InChI=1S/C9H10N4S/c10-6-1-3-7(4-2-6)13-9-12-5-8(11)14-9/h1-5H,10-11H2,(H,12,13). The Balaban J connectivity index is 2.15. The van der Waals surface area contributed by atoms with Crippen LogP contribution in [-0.2, 0) is 0 Å². The zero-order valence-corrected chi connectivity index (χ0v) is 8.21. The van der Waals surface area contributed by atoms with Crippen molar-refractivity contribution in [2.24, 2.45) is 0 Å². The lowest BCUT2D eigenvalue weighted by atomic mass is 10.3. The summed E-state index contributed by atoms with van der Waals surface area (Å²) in [5.41, 5.74) is 12.8. The third-order valence-corrected chi connectivity index (χ3v) is 2.43. The molecule has 0 amide bonds. The molecule has 0 aliphatic heterocycles. The van der Waals surface area contributed by atoms with Crippen LogP contribution in [0, 0.1) is 0 Å². The topological polar surface area (TPSA) is 77.0 Å². The first-order valence-corrected chi connectivity index (χ1v) is 4.89. The molecular formula is C9H10N4S. The summed E-state index contributed by atoms with van der Waals surface area (Å²) in [4.78, 5) is 4.08. The molecule has 0 spiro atoms. The molecule has 14 heavy (non-hydrogen) atoms. The highest BCUT2D eigenvalue weighted by molar-refractivity contribution is 7.19. The van der Waals surface area contributed by atoms with Gasteiger partial charge in [0.05, 0.1) is 6.20 Å². The minimum Gasteiger partial charge on any atom is -0.399 e. The van der Waals surface area contributed by atoms with Gasteiger partial charge in [-0.05, 0) is 24.3 Å². The van der Waals surface area contributed by atoms with E-state index in [0.29, 0.717) is 5.00 Å². The van der Waals surface area contributed by atoms with E-state index >= 15 is 0 Å². The average molecular weight is 206 g/mol. The average Bonchev–Trinajstić information content (AvgIpc) is 2.56. The molecule has 1 heterocycles. The molecule has 0 aliphatic carbocycles. The Kier molecular flexibility index (Phi) is 2.24. The number of aromatic nitrogens is 1. The van der Waals surface area contributed by atoms with Crippen molar-refractivity contribution in [3.63, 3.8) is 0 Å². The molecule has 2 aromatic rings. The first kappa shape index (κ1) is 8.83. The zero-order valence-electron chi connectivity index (χ0n) is 7.40. The van der Waals surface area contributed by atoms with Crippen molar-refractivity contribution in [3.8, 4) is 0 Å². The molecular weight excluding hydrogens is 196 g/mol. The number of rotatable bonds is 2. The summed E-state index contributed by atoms with van der Waals surface area (Å²) in [6.45, 7) is 0. The van der Waals surface area contributed by atoms with Gasteiger partial charge in [0.15, 0.2) is 5.13 Å². The molecule has 0 radical (unpaired) electrons. The van der Waals surface area contributed by atoms with Gasteiger partial charge in [0.2, 0.25) is 0 Å². The van der Waals surface area contributed by atoms with Crippen molar-refractivity contribution in [3.05, 3.63) is 30.5 Å². The Bertz CT molecular complexity index is 421. The second kappa shape index (κ2) is 3.55. The smallest absolute Gasteiger partial charge is 0.189 e. The molecule has 0 aliphatic rings. The van der Waals surface area contributed by atoms with Gasteiger partial charge < -0.3 is 16.8 Å². The van der Waals surface area contributed by atoms with Gasteiger partial charge in [-0.2, -0.15) is 0 Å². The Hall–Kier alpha value is -1.75. The maximum absolute atomic E-state index is 5.56. The van der Waals surface area contributed by atoms with Crippen LogP contribution >= 0.6 is 11.3 Å². The number of benzene rings is 1. The van der Waals surface area contributed by atoms with Crippen molar-refractivity contribution >= 4 is 32.8 Å². The van der Waals surface area contributed by atoms with Gasteiger partial charge in [0.25, 0.3) is 0 Å². The van der Waals surface area contributed by atoms with Crippen molar-refractivity contribution in [1.82, 2.24) is 4.98 Å². The van der Waals surface area contributed by atoms with Gasteiger partial charge in [0, 0.05) is 11.4 Å². The molecule has 0 bridgehead atoms. The number of nitrogens with zero attached hydrogens (tertiary/aromatic N) is 1. The number of nitrogens with one attached hydrogen (secondary N) is 1. The van der Waals surface area contributed by atoms with E-state index in [2.05, 4.69) is 10.3 Å². The Morgan fingerprint density at radius 3 is 2.43 bits per heavy atom. The number of nitrogen functional groups attached to an aromatic ring is 2. The molecule has 0 atom stereocenters. The molecule has 72 valence electrons. The van der Waals surface area contributed by atoms with Gasteiger partial charge >= 0.3 is 0 Å². The summed E-state index contributed by atoms with van der Waals surface area (Å²) in [7, 11) is 0. The maximum atomic E-state index is 5.56. The minimum absolute atomic E-state index is 0.697. The van der Waals surface area contributed by atoms with Gasteiger partial charge in [-0.1, -0.05) is 11.3 Å². The van der Waals surface area contributed by atoms with Crippen LogP contribution in [0.2, 0.25) is 0 Å². The SMILES string of the molecule is Nc1ccc(Nc2ncc(N)s2)cc1. The van der Waals surface area contributed by atoms with Crippen LogP contribution in [-0.4, -0.2) is 4.98 Å². The Labute approximate surface area is 85.6 Å². The van der Waals surface area contributed by atoms with E-state index in [9.17, 15) is 0 Å². The summed E-state index contributed by atoms with van der Waals surface area (Å²) >= 11 is 1.41. The maximum Gasteiger partial charge on any atom is 0.189 e. The van der Waals surface area contributed by atoms with Gasteiger partial charge in [-0.3, -0.25) is 0 Å². The zero-order chi connectivity index (χ0) is 9.97. The van der Waals surface area contributed by atoms with Crippen LogP contribution < -0.4 is 16.8 Å². The number of hydrogen-bond acceptors (Lipinski definition) is 5. The van der Waals surface area contributed by atoms with E-state index in [4.69, 9.17) is 11.5 Å². The summed E-state index contributed by atoms with van der Waals surface area (Å²) in [5.74, 6) is 0. The molecule has 0 fully saturated rings. The molecule has 1 aromatic carbocycles. The summed E-state index contributed by atoms with van der Waals surface area (Å²) < 4.78 is 0. The fourth-order valence-electron chi connectivity index (χ4n) is 1.03. The van der Waals surface area contributed by atoms with Crippen LogP contribution in [0.3, 0.4) is 0 Å². The van der Waals surface area contributed by atoms with Crippen LogP contribution in [0.1, 0.15) is 0 Å². The summed E-state index contributed by atoms with van der Waals surface area (Å²) in [6.07, 6.45) is 1.63. The molecule has 4 nitrogen and oxygen atoms in total. The third-order valence-electron chi connectivity index (χ3n) is 1.69. The van der Waals surface area contributed by atoms with Gasteiger partial charge in [-0.25, -0.2) is 4.98 Å². The Morgan fingerprint density at radius 2 is 1.86 bits per heavy atom. The fraction of sp³-hybridized carbons (Fsp3) is 0. The van der Waals surface area contributed by atoms with E-state index < -0.39 is 0 Å². The normalized spacial score (nSPS) is 10.0. The molecule has 5 heteroatoms. The number of hydrogen-bond donors (Lipinski definition) is 3. The number of thiazole rings is 1.